The summed E-state index contributed by atoms with van der Waals surface area (Å²) in [5.41, 5.74) is 1.75. The minimum absolute atomic E-state index is 0.571. The third-order valence-electron chi connectivity index (χ3n) is 3.76. The number of nitrogens with zero attached hydrogens (tertiary/aromatic N) is 1. The maximum atomic E-state index is 9.89. The van der Waals surface area contributed by atoms with Gasteiger partial charge in [0.05, 0.1) is 12.5 Å². The Kier molecular flexibility index (Phi) is 4.09. The molecule has 4 nitrogen and oxygen atoms in total. The lowest BCUT2D eigenvalue weighted by Gasteiger charge is -2.13. The van der Waals surface area contributed by atoms with Gasteiger partial charge in [-0.1, -0.05) is 30.3 Å². The average molecular weight is 294 g/mol. The van der Waals surface area contributed by atoms with Gasteiger partial charge in [-0.05, 0) is 18.2 Å². The molecule has 0 spiro atoms. The van der Waals surface area contributed by atoms with Gasteiger partial charge in [0.25, 0.3) is 0 Å². The van der Waals surface area contributed by atoms with Crippen molar-refractivity contribution < 1.29 is 19.4 Å². The topological polar surface area (TPSA) is 53.6 Å². The normalized spacial score (nSPS) is 12.1. The van der Waals surface area contributed by atoms with Gasteiger partial charge in [-0.15, -0.1) is 0 Å². The molecule has 0 aliphatic rings. The summed E-state index contributed by atoms with van der Waals surface area (Å²) < 4.78 is 7.12. The van der Waals surface area contributed by atoms with Gasteiger partial charge in [0, 0.05) is 17.7 Å². The predicted octanol–water partition coefficient (Wildman–Crippen LogP) is 1.74. The molecule has 22 heavy (non-hydrogen) atoms. The molecule has 1 aromatic heterocycles. The number of methoxy groups -OCH3 is 1. The van der Waals surface area contributed by atoms with Gasteiger partial charge in [-0.3, -0.25) is 0 Å². The molecule has 0 aliphatic heterocycles. The van der Waals surface area contributed by atoms with Crippen molar-refractivity contribution in [3.8, 4) is 5.75 Å². The minimum Gasteiger partial charge on any atom is -0.497 e. The molecule has 1 heterocycles. The average Bonchev–Trinajstić information content (AvgIpc) is 2.55. The molecule has 0 amide bonds. The fourth-order valence-electron chi connectivity index (χ4n) is 2.72. The Morgan fingerprint density at radius 2 is 1.77 bits per heavy atom. The van der Waals surface area contributed by atoms with Crippen LogP contribution in [0.5, 0.6) is 5.75 Å². The SMILES string of the molecule is COc1ccc2c(ccc[n+]2C(B(O)O)c2ccccc2)c1. The highest BCUT2D eigenvalue weighted by Crippen LogP contribution is 2.21. The van der Waals surface area contributed by atoms with E-state index in [4.69, 9.17) is 4.74 Å². The number of rotatable bonds is 4. The van der Waals surface area contributed by atoms with E-state index in [1.54, 1.807) is 7.11 Å². The maximum absolute atomic E-state index is 9.89. The molecule has 1 atom stereocenters. The summed E-state index contributed by atoms with van der Waals surface area (Å²) in [6.45, 7) is 0. The molecule has 5 heteroatoms. The van der Waals surface area contributed by atoms with Crippen LogP contribution in [-0.4, -0.2) is 24.3 Å². The van der Waals surface area contributed by atoms with Gasteiger partial charge >= 0.3 is 7.12 Å². The fraction of sp³-hybridized carbons (Fsp3) is 0.118. The van der Waals surface area contributed by atoms with E-state index in [9.17, 15) is 10.0 Å². The number of fused-ring (bicyclic) bond motifs is 1. The molecular formula is C17H17BNO3+. The lowest BCUT2D eigenvalue weighted by atomic mass is 9.74. The summed E-state index contributed by atoms with van der Waals surface area (Å²) in [4.78, 5) is 0. The van der Waals surface area contributed by atoms with Gasteiger partial charge in [0.2, 0.25) is 11.5 Å². The van der Waals surface area contributed by atoms with Gasteiger partial charge in [0.1, 0.15) is 5.75 Å². The highest BCUT2D eigenvalue weighted by Gasteiger charge is 2.35. The maximum Gasteiger partial charge on any atom is 0.533 e. The lowest BCUT2D eigenvalue weighted by molar-refractivity contribution is -0.672. The molecule has 0 saturated heterocycles. The van der Waals surface area contributed by atoms with Gasteiger partial charge in [-0.2, -0.15) is 4.57 Å². The van der Waals surface area contributed by atoms with Crippen molar-refractivity contribution in [2.45, 2.75) is 5.94 Å². The standard InChI is InChI=1S/C17H17BNO3/c1-22-15-9-10-16-14(12-15)8-5-11-19(16)17(18(20)21)13-6-3-2-4-7-13/h2-12,17,20-21H,1H3/q+1. The molecule has 0 bridgehead atoms. The van der Waals surface area contributed by atoms with Crippen molar-refractivity contribution in [1.82, 2.24) is 0 Å². The second-order valence-electron chi connectivity index (χ2n) is 5.11. The Bertz CT molecular complexity index is 777. The molecule has 110 valence electrons. The van der Waals surface area contributed by atoms with Crippen molar-refractivity contribution >= 4 is 18.0 Å². The summed E-state index contributed by atoms with van der Waals surface area (Å²) in [5.74, 6) is 0.198. The van der Waals surface area contributed by atoms with E-state index < -0.39 is 13.1 Å². The largest absolute Gasteiger partial charge is 0.533 e. The van der Waals surface area contributed by atoms with Crippen LogP contribution >= 0.6 is 0 Å². The van der Waals surface area contributed by atoms with Crippen LogP contribution in [0.3, 0.4) is 0 Å². The Hall–Kier alpha value is -2.37. The fourth-order valence-corrected chi connectivity index (χ4v) is 2.72. The number of hydrogen-bond donors (Lipinski definition) is 2. The Labute approximate surface area is 129 Å². The Balaban J connectivity index is 2.18. The third-order valence-corrected chi connectivity index (χ3v) is 3.76. The molecule has 0 fully saturated rings. The van der Waals surface area contributed by atoms with Crippen LogP contribution in [0.25, 0.3) is 10.9 Å². The second kappa shape index (κ2) is 6.18. The zero-order valence-corrected chi connectivity index (χ0v) is 12.3. The Morgan fingerprint density at radius 1 is 1.00 bits per heavy atom. The van der Waals surface area contributed by atoms with E-state index in [0.29, 0.717) is 0 Å². The van der Waals surface area contributed by atoms with Gasteiger partial charge in [0.15, 0.2) is 6.20 Å². The molecule has 3 aromatic rings. The minimum atomic E-state index is -1.50. The van der Waals surface area contributed by atoms with Crippen LogP contribution in [0.15, 0.2) is 66.9 Å². The zero-order chi connectivity index (χ0) is 15.5. The quantitative estimate of drug-likeness (QED) is 0.569. The number of hydrogen-bond acceptors (Lipinski definition) is 3. The smallest absolute Gasteiger partial charge is 0.497 e. The highest BCUT2D eigenvalue weighted by molar-refractivity contribution is 6.42. The van der Waals surface area contributed by atoms with Crippen LogP contribution in [0, 0.1) is 0 Å². The molecule has 2 N–H and O–H groups in total. The summed E-state index contributed by atoms with van der Waals surface area (Å²) in [7, 11) is 0.127. The predicted molar refractivity (Wildman–Crippen MR) is 85.5 cm³/mol. The van der Waals surface area contributed by atoms with Crippen molar-refractivity contribution in [2.75, 3.05) is 7.11 Å². The van der Waals surface area contributed by atoms with Crippen molar-refractivity contribution in [3.63, 3.8) is 0 Å². The van der Waals surface area contributed by atoms with Gasteiger partial charge in [-0.25, -0.2) is 0 Å². The number of pyridine rings is 1. The lowest BCUT2D eigenvalue weighted by Crippen LogP contribution is -2.49. The van der Waals surface area contributed by atoms with E-state index in [1.165, 1.54) is 0 Å². The zero-order valence-electron chi connectivity index (χ0n) is 12.3. The molecule has 3 rings (SSSR count). The summed E-state index contributed by atoms with van der Waals surface area (Å²) in [5, 5.41) is 20.8. The monoisotopic (exact) mass is 294 g/mol. The van der Waals surface area contributed by atoms with Crippen LogP contribution < -0.4 is 9.30 Å². The second-order valence-corrected chi connectivity index (χ2v) is 5.11. The number of ether oxygens (including phenoxy) is 1. The van der Waals surface area contributed by atoms with Crippen molar-refractivity contribution in [1.29, 1.82) is 0 Å². The summed E-state index contributed by atoms with van der Waals surface area (Å²) >= 11 is 0. The molecule has 0 saturated carbocycles. The van der Waals surface area contributed by atoms with Crippen LogP contribution in [0.2, 0.25) is 0 Å². The van der Waals surface area contributed by atoms with Gasteiger partial charge < -0.3 is 14.8 Å². The third kappa shape index (κ3) is 2.68. The highest BCUT2D eigenvalue weighted by atomic mass is 16.5. The van der Waals surface area contributed by atoms with Crippen LogP contribution in [0.1, 0.15) is 11.5 Å². The van der Waals surface area contributed by atoms with Crippen molar-refractivity contribution in [2.24, 2.45) is 0 Å². The number of aromatic nitrogens is 1. The van der Waals surface area contributed by atoms with Crippen LogP contribution in [0.4, 0.5) is 0 Å². The first-order valence-corrected chi connectivity index (χ1v) is 7.09. The molecule has 1 unspecified atom stereocenters. The molecule has 0 radical (unpaired) electrons. The Morgan fingerprint density at radius 3 is 2.45 bits per heavy atom. The molecular weight excluding hydrogens is 277 g/mol. The van der Waals surface area contributed by atoms with E-state index in [-0.39, 0.29) is 0 Å². The van der Waals surface area contributed by atoms with E-state index in [2.05, 4.69) is 0 Å². The first kappa shape index (κ1) is 14.6. The summed E-state index contributed by atoms with van der Waals surface area (Å²) in [6.07, 6.45) is 1.85. The van der Waals surface area contributed by atoms with Crippen molar-refractivity contribution in [3.05, 3.63) is 72.4 Å². The van der Waals surface area contributed by atoms with E-state index in [1.807, 2.05) is 71.4 Å². The number of benzene rings is 2. The van der Waals surface area contributed by atoms with E-state index in [0.717, 1.165) is 22.2 Å². The first-order chi connectivity index (χ1) is 10.7. The first-order valence-electron chi connectivity index (χ1n) is 7.09. The summed E-state index contributed by atoms with van der Waals surface area (Å²) in [6, 6.07) is 19.0. The van der Waals surface area contributed by atoms with Crippen LogP contribution in [-0.2, 0) is 0 Å². The molecule has 0 aliphatic carbocycles. The van der Waals surface area contributed by atoms with E-state index >= 15 is 0 Å². The molecule has 2 aromatic carbocycles.